The molecule has 29 heavy (non-hydrogen) atoms. The van der Waals surface area contributed by atoms with Crippen LogP contribution in [0.5, 0.6) is 0 Å². The lowest BCUT2D eigenvalue weighted by Gasteiger charge is -2.31. The Morgan fingerprint density at radius 2 is 2.03 bits per heavy atom. The highest BCUT2D eigenvalue weighted by atomic mass is 32.1. The number of hydrogen-bond acceptors (Lipinski definition) is 4. The molecule has 1 saturated heterocycles. The van der Waals surface area contributed by atoms with E-state index in [4.69, 9.17) is 5.73 Å². The summed E-state index contributed by atoms with van der Waals surface area (Å²) < 4.78 is 1.20. The van der Waals surface area contributed by atoms with Gasteiger partial charge in [0.25, 0.3) is 5.91 Å². The second-order valence-electron chi connectivity index (χ2n) is 7.50. The third-order valence-electron chi connectivity index (χ3n) is 5.60. The maximum atomic E-state index is 13.2. The largest absolute Gasteiger partial charge is 0.369 e. The second-order valence-corrected chi connectivity index (χ2v) is 8.58. The normalized spacial score (nSPS) is 17.1. The van der Waals surface area contributed by atoms with E-state index in [0.29, 0.717) is 18.7 Å². The molecule has 0 saturated carbocycles. The number of primary amides is 1. The summed E-state index contributed by atoms with van der Waals surface area (Å²) in [6, 6.07) is 14.2. The summed E-state index contributed by atoms with van der Waals surface area (Å²) in [7, 11) is 0. The molecule has 0 spiro atoms. The van der Waals surface area contributed by atoms with E-state index in [1.807, 2.05) is 24.3 Å². The first-order valence-electron chi connectivity index (χ1n) is 9.65. The van der Waals surface area contributed by atoms with Gasteiger partial charge in [-0.05, 0) is 42.5 Å². The zero-order chi connectivity index (χ0) is 20.0. The number of amides is 2. The van der Waals surface area contributed by atoms with Gasteiger partial charge in [-0.3, -0.25) is 14.7 Å². The van der Waals surface area contributed by atoms with E-state index in [9.17, 15) is 9.59 Å². The molecule has 5 rings (SSSR count). The van der Waals surface area contributed by atoms with Gasteiger partial charge in [-0.15, -0.1) is 11.3 Å². The number of thiophene rings is 1. The molecule has 1 atom stereocenters. The van der Waals surface area contributed by atoms with Crippen LogP contribution in [0, 0.1) is 5.92 Å². The molecule has 146 valence electrons. The van der Waals surface area contributed by atoms with Gasteiger partial charge in [-0.2, -0.15) is 5.10 Å². The molecule has 2 aromatic carbocycles. The number of nitrogens with two attached hydrogens (primary N) is 1. The number of aromatic nitrogens is 2. The van der Waals surface area contributed by atoms with Crippen molar-refractivity contribution in [2.75, 3.05) is 13.1 Å². The molecule has 2 aromatic heterocycles. The van der Waals surface area contributed by atoms with Crippen molar-refractivity contribution in [1.82, 2.24) is 15.1 Å². The van der Waals surface area contributed by atoms with Gasteiger partial charge >= 0.3 is 0 Å². The number of aromatic amines is 1. The van der Waals surface area contributed by atoms with Crippen molar-refractivity contribution in [1.29, 1.82) is 0 Å². The Morgan fingerprint density at radius 1 is 1.17 bits per heavy atom. The molecule has 7 heteroatoms. The average Bonchev–Trinajstić information content (AvgIpc) is 3.39. The molecular weight excluding hydrogens is 384 g/mol. The number of fused-ring (bicyclic) bond motifs is 2. The van der Waals surface area contributed by atoms with Crippen LogP contribution in [-0.4, -0.2) is 40.0 Å². The minimum Gasteiger partial charge on any atom is -0.369 e. The van der Waals surface area contributed by atoms with E-state index in [0.717, 1.165) is 34.2 Å². The van der Waals surface area contributed by atoms with E-state index >= 15 is 0 Å². The van der Waals surface area contributed by atoms with Crippen molar-refractivity contribution in [2.45, 2.75) is 12.8 Å². The van der Waals surface area contributed by atoms with E-state index < -0.39 is 0 Å². The molecule has 3 heterocycles. The number of carbonyl (C=O) groups is 2. The standard InChI is InChI=1S/C22H20N4O2S/c23-21(27)14-5-3-7-26(12-14)22(28)15-8-16-11-24-25-20(16)17(9-15)19-10-13-4-1-2-6-18(13)29-19/h1-2,4,6,8-11,14H,3,5,7,12H2,(H2,23,27)(H,24,25). The van der Waals surface area contributed by atoms with Gasteiger partial charge in [-0.1, -0.05) is 18.2 Å². The molecule has 3 N–H and O–H groups in total. The molecule has 4 aromatic rings. The Kier molecular flexibility index (Phi) is 4.32. The second kappa shape index (κ2) is 7.00. The number of benzene rings is 2. The monoisotopic (exact) mass is 404 g/mol. The van der Waals surface area contributed by atoms with Crippen molar-refractivity contribution >= 4 is 44.1 Å². The van der Waals surface area contributed by atoms with Gasteiger partial charge in [0.05, 0.1) is 17.6 Å². The molecule has 0 bridgehead atoms. The van der Waals surface area contributed by atoms with Crippen LogP contribution in [-0.2, 0) is 4.79 Å². The smallest absolute Gasteiger partial charge is 0.253 e. The Balaban J connectivity index is 1.57. The maximum absolute atomic E-state index is 13.2. The lowest BCUT2D eigenvalue weighted by atomic mass is 9.96. The summed E-state index contributed by atoms with van der Waals surface area (Å²) in [4.78, 5) is 27.7. The number of rotatable bonds is 3. The predicted molar refractivity (Wildman–Crippen MR) is 115 cm³/mol. The highest BCUT2D eigenvalue weighted by Gasteiger charge is 2.28. The van der Waals surface area contributed by atoms with Crippen LogP contribution in [0.3, 0.4) is 0 Å². The Bertz CT molecular complexity index is 1210. The SMILES string of the molecule is NC(=O)C1CCCN(C(=O)c2cc(-c3cc4ccccc4s3)c3[nH]ncc3c2)C1. The van der Waals surface area contributed by atoms with Crippen LogP contribution >= 0.6 is 11.3 Å². The number of nitrogens with one attached hydrogen (secondary N) is 1. The molecule has 6 nitrogen and oxygen atoms in total. The highest BCUT2D eigenvalue weighted by molar-refractivity contribution is 7.22. The Labute approximate surface area is 171 Å². The third-order valence-corrected chi connectivity index (χ3v) is 6.75. The van der Waals surface area contributed by atoms with Crippen molar-refractivity contribution < 1.29 is 9.59 Å². The average molecular weight is 404 g/mol. The summed E-state index contributed by atoms with van der Waals surface area (Å²) in [5.74, 6) is -0.674. The molecule has 1 aliphatic heterocycles. The van der Waals surface area contributed by atoms with Crippen LogP contribution in [0.2, 0.25) is 0 Å². The van der Waals surface area contributed by atoms with Crippen LogP contribution in [0.25, 0.3) is 31.4 Å². The zero-order valence-electron chi connectivity index (χ0n) is 15.7. The van der Waals surface area contributed by atoms with Crippen LogP contribution in [0.15, 0.2) is 48.7 Å². The molecule has 1 fully saturated rings. The molecule has 1 unspecified atom stereocenters. The summed E-state index contributed by atoms with van der Waals surface area (Å²) in [6.45, 7) is 1.03. The zero-order valence-corrected chi connectivity index (χ0v) is 16.5. The van der Waals surface area contributed by atoms with Crippen molar-refractivity contribution in [2.24, 2.45) is 11.7 Å². The summed E-state index contributed by atoms with van der Waals surface area (Å²) in [5.41, 5.74) is 7.97. The molecular formula is C22H20N4O2S. The topological polar surface area (TPSA) is 92.1 Å². The first kappa shape index (κ1) is 17.9. The maximum Gasteiger partial charge on any atom is 0.253 e. The fourth-order valence-corrected chi connectivity index (χ4v) is 5.15. The number of hydrogen-bond donors (Lipinski definition) is 2. The van der Waals surface area contributed by atoms with Crippen LogP contribution in [0.4, 0.5) is 0 Å². The lowest BCUT2D eigenvalue weighted by molar-refractivity contribution is -0.123. The molecule has 2 amide bonds. The Morgan fingerprint density at radius 3 is 2.86 bits per heavy atom. The number of nitrogens with zero attached hydrogens (tertiary/aromatic N) is 2. The van der Waals surface area contributed by atoms with Gasteiger partial charge in [0, 0.05) is 39.2 Å². The van der Waals surface area contributed by atoms with Gasteiger partial charge in [0.15, 0.2) is 0 Å². The summed E-state index contributed by atoms with van der Waals surface area (Å²) >= 11 is 1.70. The predicted octanol–water partition coefficient (Wildman–Crippen LogP) is 3.78. The molecule has 0 aliphatic carbocycles. The summed E-state index contributed by atoms with van der Waals surface area (Å²) in [6.07, 6.45) is 3.27. The third kappa shape index (κ3) is 3.17. The lowest BCUT2D eigenvalue weighted by Crippen LogP contribution is -2.44. The van der Waals surface area contributed by atoms with Gasteiger partial charge in [0.2, 0.25) is 5.91 Å². The van der Waals surface area contributed by atoms with Crippen LogP contribution in [0.1, 0.15) is 23.2 Å². The number of likely N-dealkylation sites (tertiary alicyclic amines) is 1. The first-order valence-corrected chi connectivity index (χ1v) is 10.5. The van der Waals surface area contributed by atoms with Gasteiger partial charge in [0.1, 0.15) is 0 Å². The van der Waals surface area contributed by atoms with E-state index in [1.165, 1.54) is 10.1 Å². The van der Waals surface area contributed by atoms with Crippen molar-refractivity contribution in [3.05, 3.63) is 54.2 Å². The number of piperidine rings is 1. The van der Waals surface area contributed by atoms with Crippen molar-refractivity contribution in [3.63, 3.8) is 0 Å². The van der Waals surface area contributed by atoms with Crippen LogP contribution < -0.4 is 5.73 Å². The van der Waals surface area contributed by atoms with E-state index in [-0.39, 0.29) is 17.7 Å². The summed E-state index contributed by atoms with van der Waals surface area (Å²) in [5, 5.41) is 9.33. The van der Waals surface area contributed by atoms with Crippen molar-refractivity contribution in [3.8, 4) is 10.4 Å². The number of H-pyrrole nitrogens is 1. The minimum atomic E-state index is -0.334. The number of carbonyl (C=O) groups excluding carboxylic acids is 2. The quantitative estimate of drug-likeness (QED) is 0.544. The van der Waals surface area contributed by atoms with Gasteiger partial charge < -0.3 is 10.6 Å². The first-order chi connectivity index (χ1) is 14.1. The highest BCUT2D eigenvalue weighted by Crippen LogP contribution is 2.37. The van der Waals surface area contributed by atoms with E-state index in [1.54, 1.807) is 22.4 Å². The fourth-order valence-electron chi connectivity index (χ4n) is 4.07. The molecule has 0 radical (unpaired) electrons. The minimum absolute atomic E-state index is 0.0681. The molecule has 1 aliphatic rings. The van der Waals surface area contributed by atoms with Gasteiger partial charge in [-0.25, -0.2) is 0 Å². The van der Waals surface area contributed by atoms with E-state index in [2.05, 4.69) is 28.4 Å². The Hall–Kier alpha value is -3.19. The fraction of sp³-hybridized carbons (Fsp3) is 0.227.